The quantitative estimate of drug-likeness (QED) is 0.899. The number of hydrogen-bond donors (Lipinski definition) is 1. The molecule has 0 bridgehead atoms. The van der Waals surface area contributed by atoms with Gasteiger partial charge in [-0.3, -0.25) is 4.99 Å². The van der Waals surface area contributed by atoms with Crippen molar-refractivity contribution in [2.75, 3.05) is 5.75 Å². The number of aryl methyl sites for hydroxylation is 1. The zero-order valence-electron chi connectivity index (χ0n) is 11.6. The van der Waals surface area contributed by atoms with E-state index in [1.54, 1.807) is 11.3 Å². The van der Waals surface area contributed by atoms with Gasteiger partial charge >= 0.3 is 0 Å². The average Bonchev–Trinajstić information content (AvgIpc) is 2.98. The minimum absolute atomic E-state index is 0.174. The van der Waals surface area contributed by atoms with Crippen molar-refractivity contribution < 1.29 is 0 Å². The smallest absolute Gasteiger partial charge is 0.157 e. The van der Waals surface area contributed by atoms with Crippen LogP contribution in [0.25, 0.3) is 0 Å². The molecule has 1 N–H and O–H groups in total. The van der Waals surface area contributed by atoms with E-state index in [1.165, 1.54) is 42.7 Å². The zero-order valence-corrected chi connectivity index (χ0v) is 13.2. The molecular formula is C14H21N3S2. The van der Waals surface area contributed by atoms with Gasteiger partial charge in [0.05, 0.1) is 0 Å². The van der Waals surface area contributed by atoms with Crippen LogP contribution in [-0.2, 0) is 0 Å². The fraction of sp³-hybridized carbons (Fsp3) is 0.714. The first-order valence-corrected chi connectivity index (χ1v) is 8.88. The van der Waals surface area contributed by atoms with Crippen molar-refractivity contribution in [1.29, 1.82) is 0 Å². The minimum Gasteiger partial charge on any atom is -0.359 e. The topological polar surface area (TPSA) is 37.3 Å². The van der Waals surface area contributed by atoms with E-state index in [1.807, 2.05) is 18.0 Å². The van der Waals surface area contributed by atoms with Gasteiger partial charge in [-0.25, -0.2) is 4.98 Å². The molecule has 1 saturated heterocycles. The first-order valence-electron chi connectivity index (χ1n) is 7.08. The van der Waals surface area contributed by atoms with Gasteiger partial charge in [-0.05, 0) is 26.7 Å². The van der Waals surface area contributed by atoms with Crippen LogP contribution in [0.2, 0.25) is 0 Å². The van der Waals surface area contributed by atoms with Crippen LogP contribution in [0.4, 0.5) is 0 Å². The van der Waals surface area contributed by atoms with Crippen LogP contribution in [-0.4, -0.2) is 21.4 Å². The summed E-state index contributed by atoms with van der Waals surface area (Å²) in [7, 11) is 0. The SMILES string of the molecule is Cc1cnc(C(C)N=C2NC3(CCCCC3)CS2)s1. The van der Waals surface area contributed by atoms with Gasteiger partial charge in [0.1, 0.15) is 11.0 Å². The van der Waals surface area contributed by atoms with Crippen molar-refractivity contribution >= 4 is 28.3 Å². The van der Waals surface area contributed by atoms with Crippen molar-refractivity contribution in [2.24, 2.45) is 4.99 Å². The van der Waals surface area contributed by atoms with Crippen LogP contribution in [0.5, 0.6) is 0 Å². The Balaban J connectivity index is 1.68. The second kappa shape index (κ2) is 5.44. The molecule has 3 rings (SSSR count). The Morgan fingerprint density at radius 3 is 2.84 bits per heavy atom. The third-order valence-electron chi connectivity index (χ3n) is 3.98. The summed E-state index contributed by atoms with van der Waals surface area (Å²) in [6.07, 6.45) is 8.68. The lowest BCUT2D eigenvalue weighted by Gasteiger charge is -2.32. The minimum atomic E-state index is 0.174. The molecule has 1 unspecified atom stereocenters. The Bertz CT molecular complexity index is 475. The number of rotatable bonds is 2. The van der Waals surface area contributed by atoms with E-state index >= 15 is 0 Å². The van der Waals surface area contributed by atoms with Crippen LogP contribution in [0, 0.1) is 6.92 Å². The molecule has 1 atom stereocenters. The summed E-state index contributed by atoms with van der Waals surface area (Å²) in [5.41, 5.74) is 0.347. The first-order chi connectivity index (χ1) is 9.17. The zero-order chi connectivity index (χ0) is 13.3. The Kier molecular flexibility index (Phi) is 3.85. The lowest BCUT2D eigenvalue weighted by atomic mass is 9.83. The van der Waals surface area contributed by atoms with Crippen LogP contribution in [0.3, 0.4) is 0 Å². The Labute approximate surface area is 123 Å². The molecule has 0 aromatic carbocycles. The summed E-state index contributed by atoms with van der Waals surface area (Å²) in [5.74, 6) is 1.19. The third-order valence-corrected chi connectivity index (χ3v) is 6.24. The highest BCUT2D eigenvalue weighted by atomic mass is 32.2. The molecule has 0 amide bonds. The van der Waals surface area contributed by atoms with Crippen molar-refractivity contribution in [3.8, 4) is 0 Å². The van der Waals surface area contributed by atoms with E-state index < -0.39 is 0 Å². The van der Waals surface area contributed by atoms with Gasteiger partial charge in [-0.2, -0.15) is 0 Å². The summed E-state index contributed by atoms with van der Waals surface area (Å²) < 4.78 is 0. The largest absolute Gasteiger partial charge is 0.359 e. The fourth-order valence-corrected chi connectivity index (χ4v) is 4.93. The highest BCUT2D eigenvalue weighted by molar-refractivity contribution is 8.14. The molecule has 2 heterocycles. The van der Waals surface area contributed by atoms with Crippen molar-refractivity contribution in [3.63, 3.8) is 0 Å². The number of nitrogens with zero attached hydrogens (tertiary/aromatic N) is 2. The van der Waals surface area contributed by atoms with Crippen LogP contribution >= 0.6 is 23.1 Å². The summed E-state index contributed by atoms with van der Waals surface area (Å²) in [6.45, 7) is 4.24. The normalized spacial score (nSPS) is 25.7. The number of thioether (sulfide) groups is 1. The van der Waals surface area contributed by atoms with Crippen molar-refractivity contribution in [1.82, 2.24) is 10.3 Å². The molecular weight excluding hydrogens is 274 g/mol. The van der Waals surface area contributed by atoms with Crippen LogP contribution in [0.1, 0.15) is 55.0 Å². The van der Waals surface area contributed by atoms with Gasteiger partial charge < -0.3 is 5.32 Å². The number of thiazole rings is 1. The van der Waals surface area contributed by atoms with E-state index in [-0.39, 0.29) is 6.04 Å². The number of amidine groups is 1. The number of aromatic nitrogens is 1. The van der Waals surface area contributed by atoms with E-state index in [9.17, 15) is 0 Å². The maximum atomic E-state index is 4.83. The van der Waals surface area contributed by atoms with Gasteiger partial charge in [0.25, 0.3) is 0 Å². The molecule has 19 heavy (non-hydrogen) atoms. The average molecular weight is 295 g/mol. The maximum Gasteiger partial charge on any atom is 0.157 e. The van der Waals surface area contributed by atoms with Crippen LogP contribution < -0.4 is 5.32 Å². The monoisotopic (exact) mass is 295 g/mol. The fourth-order valence-electron chi connectivity index (χ4n) is 2.87. The molecule has 1 aromatic heterocycles. The number of aliphatic imine (C=N–C) groups is 1. The Hall–Kier alpha value is -0.550. The summed E-state index contributed by atoms with van der Waals surface area (Å²) >= 11 is 3.64. The molecule has 2 fully saturated rings. The molecule has 2 aliphatic rings. The second-order valence-corrected chi connectivity index (χ2v) is 7.90. The van der Waals surface area contributed by atoms with Crippen LogP contribution in [0.15, 0.2) is 11.2 Å². The molecule has 1 spiro atoms. The standard InChI is InChI=1S/C14H21N3S2/c1-10-8-15-12(19-10)11(2)16-13-17-14(9-18-13)6-4-3-5-7-14/h8,11H,3-7,9H2,1-2H3,(H,16,17). The highest BCUT2D eigenvalue weighted by Gasteiger charge is 2.38. The molecule has 1 saturated carbocycles. The molecule has 1 aliphatic carbocycles. The van der Waals surface area contributed by atoms with Gasteiger partial charge in [0.15, 0.2) is 5.17 Å². The van der Waals surface area contributed by atoms with E-state index in [0.717, 1.165) is 10.2 Å². The number of hydrogen-bond acceptors (Lipinski definition) is 4. The highest BCUT2D eigenvalue weighted by Crippen LogP contribution is 2.37. The lowest BCUT2D eigenvalue weighted by molar-refractivity contribution is 0.303. The molecule has 0 radical (unpaired) electrons. The van der Waals surface area contributed by atoms with Crippen molar-refractivity contribution in [2.45, 2.75) is 57.5 Å². The van der Waals surface area contributed by atoms with E-state index in [2.05, 4.69) is 24.1 Å². The van der Waals surface area contributed by atoms with Crippen molar-refractivity contribution in [3.05, 3.63) is 16.1 Å². The Morgan fingerprint density at radius 2 is 2.16 bits per heavy atom. The van der Waals surface area contributed by atoms with Gasteiger partial charge in [-0.15, -0.1) is 11.3 Å². The van der Waals surface area contributed by atoms with E-state index in [0.29, 0.717) is 5.54 Å². The summed E-state index contributed by atoms with van der Waals surface area (Å²) in [5, 5.41) is 5.95. The lowest BCUT2D eigenvalue weighted by Crippen LogP contribution is -2.45. The van der Waals surface area contributed by atoms with Gasteiger partial charge in [0, 0.05) is 22.4 Å². The summed E-state index contributed by atoms with van der Waals surface area (Å²) in [4.78, 5) is 10.5. The molecule has 1 aliphatic heterocycles. The molecule has 1 aromatic rings. The predicted molar refractivity (Wildman–Crippen MR) is 84.1 cm³/mol. The van der Waals surface area contributed by atoms with Gasteiger partial charge in [-0.1, -0.05) is 31.0 Å². The molecule has 5 heteroatoms. The molecule has 3 nitrogen and oxygen atoms in total. The molecule has 104 valence electrons. The Morgan fingerprint density at radius 1 is 1.37 bits per heavy atom. The van der Waals surface area contributed by atoms with Gasteiger partial charge in [0.2, 0.25) is 0 Å². The third kappa shape index (κ3) is 2.97. The first kappa shape index (κ1) is 13.4. The summed E-state index contributed by atoms with van der Waals surface area (Å²) in [6, 6.07) is 0.174. The second-order valence-electron chi connectivity index (χ2n) is 5.67. The van der Waals surface area contributed by atoms with E-state index in [4.69, 9.17) is 4.99 Å². The maximum absolute atomic E-state index is 4.83. The predicted octanol–water partition coefficient (Wildman–Crippen LogP) is 3.91. The number of nitrogens with one attached hydrogen (secondary N) is 1.